The molecule has 2 aromatic rings. The van der Waals surface area contributed by atoms with Gasteiger partial charge >= 0.3 is 0 Å². The number of halogens is 1. The topological polar surface area (TPSA) is 20.3 Å². The van der Waals surface area contributed by atoms with Crippen LogP contribution >= 0.6 is 38.6 Å². The quantitative estimate of drug-likeness (QED) is 0.748. The predicted molar refractivity (Wildman–Crippen MR) is 82.1 cm³/mol. The van der Waals surface area contributed by atoms with Gasteiger partial charge in [0.25, 0.3) is 5.91 Å². The standard InChI is InChI=1S/C13H14BrNOS2/c1-8-2-4-15(9(8)7-14)13(16)12-6-11-10(18-12)3-5-17-11/h3,5-6,8-9H,2,4,7H2,1H3. The van der Waals surface area contributed by atoms with Crippen LogP contribution in [0.3, 0.4) is 0 Å². The minimum Gasteiger partial charge on any atom is -0.334 e. The molecule has 0 spiro atoms. The molecule has 3 rings (SSSR count). The molecule has 2 aromatic heterocycles. The van der Waals surface area contributed by atoms with Gasteiger partial charge in [-0.25, -0.2) is 0 Å². The smallest absolute Gasteiger partial charge is 0.264 e. The Morgan fingerprint density at radius 1 is 1.56 bits per heavy atom. The summed E-state index contributed by atoms with van der Waals surface area (Å²) >= 11 is 6.86. The Balaban J connectivity index is 1.88. The molecule has 2 unspecified atom stereocenters. The Morgan fingerprint density at radius 2 is 2.39 bits per heavy atom. The molecule has 0 saturated carbocycles. The number of rotatable bonds is 2. The molecule has 1 aliphatic heterocycles. The van der Waals surface area contributed by atoms with Gasteiger partial charge < -0.3 is 4.90 Å². The van der Waals surface area contributed by atoms with Gasteiger partial charge in [0.1, 0.15) is 0 Å². The summed E-state index contributed by atoms with van der Waals surface area (Å²) in [6.07, 6.45) is 1.11. The number of thiophene rings is 2. The van der Waals surface area contributed by atoms with Crippen molar-refractivity contribution in [1.29, 1.82) is 0 Å². The maximum absolute atomic E-state index is 12.5. The molecule has 5 heteroatoms. The van der Waals surface area contributed by atoms with Gasteiger partial charge in [-0.3, -0.25) is 4.79 Å². The second-order valence-electron chi connectivity index (χ2n) is 4.75. The largest absolute Gasteiger partial charge is 0.334 e. The van der Waals surface area contributed by atoms with E-state index in [4.69, 9.17) is 0 Å². The number of hydrogen-bond donors (Lipinski definition) is 0. The van der Waals surface area contributed by atoms with E-state index in [9.17, 15) is 4.79 Å². The van der Waals surface area contributed by atoms with Crippen molar-refractivity contribution in [3.63, 3.8) is 0 Å². The maximum atomic E-state index is 12.5. The van der Waals surface area contributed by atoms with Crippen LogP contribution in [0.4, 0.5) is 0 Å². The first-order valence-electron chi connectivity index (χ1n) is 6.04. The van der Waals surface area contributed by atoms with Crippen LogP contribution in [0, 0.1) is 5.92 Å². The number of fused-ring (bicyclic) bond motifs is 1. The molecule has 96 valence electrons. The van der Waals surface area contributed by atoms with Gasteiger partial charge in [-0.15, -0.1) is 22.7 Å². The first-order chi connectivity index (χ1) is 8.70. The van der Waals surface area contributed by atoms with Crippen LogP contribution in [-0.2, 0) is 0 Å². The molecule has 1 amide bonds. The Morgan fingerprint density at radius 3 is 3.11 bits per heavy atom. The molecule has 2 nitrogen and oxygen atoms in total. The van der Waals surface area contributed by atoms with Crippen molar-refractivity contribution in [2.75, 3.05) is 11.9 Å². The third-order valence-corrected chi connectivity index (χ3v) is 6.40. The van der Waals surface area contributed by atoms with Gasteiger partial charge in [0, 0.05) is 27.3 Å². The molecule has 0 radical (unpaired) electrons. The highest BCUT2D eigenvalue weighted by Gasteiger charge is 2.34. The van der Waals surface area contributed by atoms with Gasteiger partial charge in [-0.1, -0.05) is 22.9 Å². The van der Waals surface area contributed by atoms with Gasteiger partial charge in [-0.05, 0) is 29.9 Å². The van der Waals surface area contributed by atoms with E-state index in [0.29, 0.717) is 12.0 Å². The summed E-state index contributed by atoms with van der Waals surface area (Å²) in [7, 11) is 0. The highest BCUT2D eigenvalue weighted by molar-refractivity contribution is 9.09. The first-order valence-corrected chi connectivity index (χ1v) is 8.86. The van der Waals surface area contributed by atoms with E-state index < -0.39 is 0 Å². The van der Waals surface area contributed by atoms with Crippen LogP contribution in [-0.4, -0.2) is 28.7 Å². The zero-order valence-electron chi connectivity index (χ0n) is 10.1. The molecule has 1 fully saturated rings. The van der Waals surface area contributed by atoms with Crippen molar-refractivity contribution in [1.82, 2.24) is 4.90 Å². The lowest BCUT2D eigenvalue weighted by atomic mass is 10.1. The van der Waals surface area contributed by atoms with Crippen LogP contribution < -0.4 is 0 Å². The predicted octanol–water partition coefficient (Wildman–Crippen LogP) is 4.21. The molecule has 1 aliphatic rings. The minimum atomic E-state index is 0.206. The van der Waals surface area contributed by atoms with E-state index in [1.54, 1.807) is 22.7 Å². The lowest BCUT2D eigenvalue weighted by molar-refractivity contribution is 0.0743. The fourth-order valence-corrected chi connectivity index (χ4v) is 5.56. The summed E-state index contributed by atoms with van der Waals surface area (Å²) in [5.41, 5.74) is 0. The monoisotopic (exact) mass is 343 g/mol. The van der Waals surface area contributed by atoms with E-state index in [1.165, 1.54) is 9.40 Å². The fraction of sp³-hybridized carbons (Fsp3) is 0.462. The van der Waals surface area contributed by atoms with Gasteiger partial charge in [0.15, 0.2) is 0 Å². The molecular weight excluding hydrogens is 330 g/mol. The van der Waals surface area contributed by atoms with E-state index in [-0.39, 0.29) is 5.91 Å². The lowest BCUT2D eigenvalue weighted by Gasteiger charge is -2.24. The Bertz CT molecular complexity index is 548. The van der Waals surface area contributed by atoms with Crippen LogP contribution in [0.15, 0.2) is 17.5 Å². The summed E-state index contributed by atoms with van der Waals surface area (Å²) in [4.78, 5) is 15.5. The molecule has 1 saturated heterocycles. The molecule has 2 atom stereocenters. The summed E-state index contributed by atoms with van der Waals surface area (Å²) in [5, 5.41) is 2.95. The van der Waals surface area contributed by atoms with E-state index in [2.05, 4.69) is 34.3 Å². The summed E-state index contributed by atoms with van der Waals surface area (Å²) < 4.78 is 2.46. The van der Waals surface area contributed by atoms with Crippen molar-refractivity contribution >= 4 is 53.9 Å². The Hall–Kier alpha value is -0.390. The highest BCUT2D eigenvalue weighted by Crippen LogP contribution is 2.33. The summed E-state index contributed by atoms with van der Waals surface area (Å²) in [6, 6.07) is 4.48. The van der Waals surface area contributed by atoms with Crippen molar-refractivity contribution in [2.45, 2.75) is 19.4 Å². The molecular formula is C13H14BrNOS2. The number of alkyl halides is 1. The zero-order chi connectivity index (χ0) is 12.7. The Labute approximate surface area is 123 Å². The van der Waals surface area contributed by atoms with Gasteiger partial charge in [0.2, 0.25) is 0 Å². The SMILES string of the molecule is CC1CCN(C(=O)c2cc3sccc3s2)C1CBr. The number of nitrogens with zero attached hydrogens (tertiary/aromatic N) is 1. The first kappa shape index (κ1) is 12.6. The molecule has 0 N–H and O–H groups in total. The van der Waals surface area contributed by atoms with Crippen LogP contribution in [0.2, 0.25) is 0 Å². The number of hydrogen-bond acceptors (Lipinski definition) is 3. The summed E-state index contributed by atoms with van der Waals surface area (Å²) in [6.45, 7) is 3.12. The number of likely N-dealkylation sites (tertiary alicyclic amines) is 1. The molecule has 3 heterocycles. The van der Waals surface area contributed by atoms with E-state index in [0.717, 1.165) is 23.2 Å². The van der Waals surface area contributed by atoms with Crippen molar-refractivity contribution in [3.05, 3.63) is 22.4 Å². The minimum absolute atomic E-state index is 0.206. The normalized spacial score (nSPS) is 24.0. The number of carbonyl (C=O) groups excluding carboxylic acids is 1. The number of amides is 1. The average molecular weight is 344 g/mol. The third kappa shape index (κ3) is 2.02. The van der Waals surface area contributed by atoms with Gasteiger partial charge in [0.05, 0.1) is 4.88 Å². The number of carbonyl (C=O) groups is 1. The molecule has 0 bridgehead atoms. The van der Waals surface area contributed by atoms with Crippen molar-refractivity contribution in [2.24, 2.45) is 5.92 Å². The molecule has 0 aliphatic carbocycles. The zero-order valence-corrected chi connectivity index (χ0v) is 13.3. The molecule has 18 heavy (non-hydrogen) atoms. The second kappa shape index (κ2) is 4.94. The van der Waals surface area contributed by atoms with Crippen molar-refractivity contribution in [3.8, 4) is 0 Å². The van der Waals surface area contributed by atoms with Crippen LogP contribution in [0.25, 0.3) is 9.40 Å². The second-order valence-corrected chi connectivity index (χ2v) is 7.42. The maximum Gasteiger partial charge on any atom is 0.264 e. The third-order valence-electron chi connectivity index (χ3n) is 3.65. The highest BCUT2D eigenvalue weighted by atomic mass is 79.9. The van der Waals surface area contributed by atoms with Crippen LogP contribution in [0.1, 0.15) is 23.0 Å². The Kier molecular flexibility index (Phi) is 3.47. The fourth-order valence-electron chi connectivity index (χ4n) is 2.51. The van der Waals surface area contributed by atoms with Crippen LogP contribution in [0.5, 0.6) is 0 Å². The van der Waals surface area contributed by atoms with E-state index >= 15 is 0 Å². The van der Waals surface area contributed by atoms with Crippen molar-refractivity contribution < 1.29 is 4.79 Å². The lowest BCUT2D eigenvalue weighted by Crippen LogP contribution is -2.38. The average Bonchev–Trinajstić information content (AvgIpc) is 3.00. The van der Waals surface area contributed by atoms with E-state index in [1.807, 2.05) is 11.0 Å². The summed E-state index contributed by atoms with van der Waals surface area (Å²) in [5.74, 6) is 0.798. The van der Waals surface area contributed by atoms with Gasteiger partial charge in [-0.2, -0.15) is 0 Å². The molecule has 0 aromatic carbocycles.